The topological polar surface area (TPSA) is 31.4 Å². The van der Waals surface area contributed by atoms with Gasteiger partial charge in [-0.3, -0.25) is 0 Å². The second-order valence-electron chi connectivity index (χ2n) is 5.38. The summed E-state index contributed by atoms with van der Waals surface area (Å²) in [5.74, 6) is 0.592. The van der Waals surface area contributed by atoms with Crippen molar-refractivity contribution in [3.8, 4) is 0 Å². The Bertz CT molecular complexity index is 427. The highest BCUT2D eigenvalue weighted by molar-refractivity contribution is 7.80. The van der Waals surface area contributed by atoms with Crippen LogP contribution in [0, 0.1) is 0 Å². The first-order valence-corrected chi connectivity index (χ1v) is 7.48. The molecule has 0 saturated carbocycles. The number of hydrogen-bond acceptors (Lipinski definition) is 5. The Morgan fingerprint density at radius 3 is 2.44 bits per heavy atom. The van der Waals surface area contributed by atoms with E-state index in [0.29, 0.717) is 5.75 Å². The van der Waals surface area contributed by atoms with Gasteiger partial charge in [-0.2, -0.15) is 12.6 Å². The highest BCUT2D eigenvalue weighted by Gasteiger charge is 2.52. The maximum Gasteiger partial charge on any atom is 0.491 e. The zero-order valence-electron chi connectivity index (χ0n) is 11.1. The molecule has 18 heavy (non-hydrogen) atoms. The molecule has 0 spiro atoms. The molecule has 0 bridgehead atoms. The third-order valence-corrected chi connectivity index (χ3v) is 4.49. The average Bonchev–Trinajstić information content (AvgIpc) is 2.82. The van der Waals surface area contributed by atoms with E-state index in [4.69, 9.17) is 9.31 Å². The molecule has 0 unspecified atom stereocenters. The summed E-state index contributed by atoms with van der Waals surface area (Å²) in [6, 6.07) is 0. The molecule has 0 radical (unpaired) electrons. The first-order chi connectivity index (χ1) is 8.36. The van der Waals surface area contributed by atoms with Gasteiger partial charge in [0, 0.05) is 11.1 Å². The van der Waals surface area contributed by atoms with Crippen LogP contribution in [0.5, 0.6) is 0 Å². The summed E-state index contributed by atoms with van der Waals surface area (Å²) in [5, 5.41) is 1.99. The van der Waals surface area contributed by atoms with Crippen LogP contribution >= 0.6 is 24.0 Å². The van der Waals surface area contributed by atoms with Crippen molar-refractivity contribution in [3.63, 3.8) is 0 Å². The van der Waals surface area contributed by atoms with Crippen LogP contribution in [0.3, 0.4) is 0 Å². The van der Waals surface area contributed by atoms with E-state index in [2.05, 4.69) is 17.6 Å². The van der Waals surface area contributed by atoms with E-state index in [9.17, 15) is 0 Å². The Balaban J connectivity index is 2.22. The van der Waals surface area contributed by atoms with E-state index < -0.39 is 0 Å². The van der Waals surface area contributed by atoms with Crippen molar-refractivity contribution in [2.45, 2.75) is 38.9 Å². The number of rotatable bonds is 3. The molecule has 1 aromatic rings. The Kier molecular flexibility index (Phi) is 3.92. The molecule has 0 aliphatic carbocycles. The van der Waals surface area contributed by atoms with Gasteiger partial charge in [0.25, 0.3) is 0 Å². The van der Waals surface area contributed by atoms with Crippen LogP contribution in [0.15, 0.2) is 16.4 Å². The zero-order valence-corrected chi connectivity index (χ0v) is 12.8. The third kappa shape index (κ3) is 2.66. The fourth-order valence-electron chi connectivity index (χ4n) is 1.67. The Morgan fingerprint density at radius 1 is 1.39 bits per heavy atom. The lowest BCUT2D eigenvalue weighted by atomic mass is 9.79. The molecule has 1 saturated heterocycles. The number of aromatic nitrogens is 1. The molecule has 6 heteroatoms. The van der Waals surface area contributed by atoms with Crippen LogP contribution in [0.25, 0.3) is 6.08 Å². The number of thiol groups is 1. The smallest absolute Gasteiger partial charge is 0.400 e. The SMILES string of the molecule is CC1(C)OB(C(=Cc2cscn2)CS)OC1(C)C. The molecule has 1 aliphatic rings. The Morgan fingerprint density at radius 2 is 2.00 bits per heavy atom. The summed E-state index contributed by atoms with van der Waals surface area (Å²) in [6.45, 7) is 8.19. The first-order valence-electron chi connectivity index (χ1n) is 5.91. The number of nitrogens with zero attached hydrogens (tertiary/aromatic N) is 1. The fraction of sp³-hybridized carbons (Fsp3) is 0.583. The standard InChI is InChI=1S/C12H18BNO2S2/c1-11(2)12(3,4)16-13(15-11)9(6-17)5-10-7-18-8-14-10/h5,7-8,17H,6H2,1-4H3. The molecule has 0 atom stereocenters. The second-order valence-corrected chi connectivity index (χ2v) is 6.41. The van der Waals surface area contributed by atoms with Gasteiger partial charge in [0.1, 0.15) is 0 Å². The molecule has 2 heterocycles. The van der Waals surface area contributed by atoms with Crippen LogP contribution < -0.4 is 0 Å². The van der Waals surface area contributed by atoms with Crippen molar-refractivity contribution >= 4 is 37.2 Å². The van der Waals surface area contributed by atoms with Crippen LogP contribution in [0.2, 0.25) is 0 Å². The van der Waals surface area contributed by atoms with Crippen molar-refractivity contribution < 1.29 is 9.31 Å². The molecule has 0 N–H and O–H groups in total. The van der Waals surface area contributed by atoms with E-state index in [1.165, 1.54) is 0 Å². The average molecular weight is 283 g/mol. The lowest BCUT2D eigenvalue weighted by Gasteiger charge is -2.32. The summed E-state index contributed by atoms with van der Waals surface area (Å²) in [5.41, 5.74) is 3.11. The van der Waals surface area contributed by atoms with Crippen LogP contribution in [-0.2, 0) is 9.31 Å². The molecule has 1 aromatic heterocycles. The van der Waals surface area contributed by atoms with Gasteiger partial charge in [0.2, 0.25) is 0 Å². The first kappa shape index (κ1) is 14.1. The molecular weight excluding hydrogens is 265 g/mol. The molecule has 1 aliphatic heterocycles. The molecule has 0 amide bonds. The zero-order chi connectivity index (χ0) is 13.4. The van der Waals surface area contributed by atoms with Gasteiger partial charge in [0.15, 0.2) is 0 Å². The monoisotopic (exact) mass is 283 g/mol. The van der Waals surface area contributed by atoms with Crippen molar-refractivity contribution in [3.05, 3.63) is 22.1 Å². The molecule has 98 valence electrons. The van der Waals surface area contributed by atoms with Crippen molar-refractivity contribution in [2.75, 3.05) is 5.75 Å². The summed E-state index contributed by atoms with van der Waals surface area (Å²) in [7, 11) is -0.339. The largest absolute Gasteiger partial charge is 0.491 e. The molecule has 1 fully saturated rings. The Labute approximate surface area is 118 Å². The maximum atomic E-state index is 6.00. The van der Waals surface area contributed by atoms with Gasteiger partial charge in [-0.1, -0.05) is 0 Å². The summed E-state index contributed by atoms with van der Waals surface area (Å²) < 4.78 is 12.0. The summed E-state index contributed by atoms with van der Waals surface area (Å²) >= 11 is 5.93. The van der Waals surface area contributed by atoms with E-state index in [-0.39, 0.29) is 18.3 Å². The van der Waals surface area contributed by atoms with Gasteiger partial charge in [-0.15, -0.1) is 11.3 Å². The maximum absolute atomic E-state index is 6.00. The molecular formula is C12H18BNO2S2. The van der Waals surface area contributed by atoms with Crippen molar-refractivity contribution in [2.24, 2.45) is 0 Å². The summed E-state index contributed by atoms with van der Waals surface area (Å²) in [6.07, 6.45) is 1.99. The van der Waals surface area contributed by atoms with Gasteiger partial charge in [-0.25, -0.2) is 4.98 Å². The van der Waals surface area contributed by atoms with Crippen LogP contribution in [-0.4, -0.2) is 29.1 Å². The van der Waals surface area contributed by atoms with E-state index in [1.54, 1.807) is 11.3 Å². The minimum absolute atomic E-state index is 0.318. The van der Waals surface area contributed by atoms with Crippen LogP contribution in [0.4, 0.5) is 0 Å². The van der Waals surface area contributed by atoms with Gasteiger partial charge in [-0.05, 0) is 39.2 Å². The fourth-order valence-corrected chi connectivity index (χ4v) is 2.42. The highest BCUT2D eigenvalue weighted by Crippen LogP contribution is 2.38. The number of hydrogen-bond donors (Lipinski definition) is 1. The molecule has 3 nitrogen and oxygen atoms in total. The second kappa shape index (κ2) is 5.00. The van der Waals surface area contributed by atoms with E-state index in [0.717, 1.165) is 11.2 Å². The minimum atomic E-state index is -0.339. The van der Waals surface area contributed by atoms with Crippen molar-refractivity contribution in [1.29, 1.82) is 0 Å². The summed E-state index contributed by atoms with van der Waals surface area (Å²) in [4.78, 5) is 4.25. The third-order valence-electron chi connectivity index (χ3n) is 3.52. The minimum Gasteiger partial charge on any atom is -0.400 e. The molecule has 2 rings (SSSR count). The van der Waals surface area contributed by atoms with Gasteiger partial charge >= 0.3 is 7.12 Å². The number of thiazole rings is 1. The lowest BCUT2D eigenvalue weighted by molar-refractivity contribution is 0.00578. The predicted octanol–water partition coefficient (Wildman–Crippen LogP) is 3.09. The van der Waals surface area contributed by atoms with Gasteiger partial charge < -0.3 is 9.31 Å². The Hall–Kier alpha value is -0.295. The van der Waals surface area contributed by atoms with E-state index >= 15 is 0 Å². The van der Waals surface area contributed by atoms with Crippen molar-refractivity contribution in [1.82, 2.24) is 4.98 Å². The normalized spacial score (nSPS) is 22.5. The van der Waals surface area contributed by atoms with E-state index in [1.807, 2.05) is 44.7 Å². The van der Waals surface area contributed by atoms with Crippen LogP contribution in [0.1, 0.15) is 33.4 Å². The lowest BCUT2D eigenvalue weighted by Crippen LogP contribution is -2.41. The van der Waals surface area contributed by atoms with Gasteiger partial charge in [0.05, 0.1) is 22.4 Å². The molecule has 0 aromatic carbocycles. The quantitative estimate of drug-likeness (QED) is 0.683. The predicted molar refractivity (Wildman–Crippen MR) is 80.0 cm³/mol. The highest BCUT2D eigenvalue weighted by atomic mass is 32.1.